The predicted molar refractivity (Wildman–Crippen MR) is 89.4 cm³/mol. The first-order valence-corrected chi connectivity index (χ1v) is 8.05. The second-order valence-electron chi connectivity index (χ2n) is 5.76. The van der Waals surface area contributed by atoms with Crippen LogP contribution in [0.25, 0.3) is 0 Å². The van der Waals surface area contributed by atoms with Crippen LogP contribution in [0.5, 0.6) is 0 Å². The Hall–Kier alpha value is -2.77. The van der Waals surface area contributed by atoms with Crippen LogP contribution >= 0.6 is 0 Å². The normalized spacial score (nSPS) is 17.4. The summed E-state index contributed by atoms with van der Waals surface area (Å²) < 4.78 is 0. The average Bonchev–Trinajstić information content (AvgIpc) is 2.61. The van der Waals surface area contributed by atoms with Crippen LogP contribution in [-0.2, 0) is 6.54 Å². The van der Waals surface area contributed by atoms with Crippen LogP contribution in [0.15, 0.2) is 30.7 Å². The lowest BCUT2D eigenvalue weighted by Gasteiger charge is -2.33. The second kappa shape index (κ2) is 7.67. The summed E-state index contributed by atoms with van der Waals surface area (Å²) >= 11 is 0. The summed E-state index contributed by atoms with van der Waals surface area (Å²) in [4.78, 5) is 31.0. The summed E-state index contributed by atoms with van der Waals surface area (Å²) in [5.74, 6) is 1.40. The Bertz CT molecular complexity index is 679. The van der Waals surface area contributed by atoms with Crippen molar-refractivity contribution in [2.75, 3.05) is 18.0 Å². The Morgan fingerprint density at radius 1 is 1.29 bits per heavy atom. The van der Waals surface area contributed by atoms with Crippen LogP contribution in [0.4, 0.5) is 10.7 Å². The second-order valence-corrected chi connectivity index (χ2v) is 5.76. The Balaban J connectivity index is 1.49. The molecule has 0 bridgehead atoms. The summed E-state index contributed by atoms with van der Waals surface area (Å²) in [6.45, 7) is 3.83. The van der Waals surface area contributed by atoms with Crippen molar-refractivity contribution in [3.8, 4) is 0 Å². The van der Waals surface area contributed by atoms with Gasteiger partial charge in [0.15, 0.2) is 0 Å². The van der Waals surface area contributed by atoms with Crippen molar-refractivity contribution in [2.45, 2.75) is 32.4 Å². The monoisotopic (exact) mass is 327 g/mol. The van der Waals surface area contributed by atoms with Crippen LogP contribution < -0.4 is 15.5 Å². The number of piperidine rings is 1. The van der Waals surface area contributed by atoms with Crippen LogP contribution in [0, 0.1) is 6.92 Å². The van der Waals surface area contributed by atoms with Gasteiger partial charge < -0.3 is 15.5 Å². The highest BCUT2D eigenvalue weighted by Gasteiger charge is 2.22. The fourth-order valence-electron chi connectivity index (χ4n) is 2.74. The topological polar surface area (TPSA) is 95.9 Å². The summed E-state index contributed by atoms with van der Waals surface area (Å²) in [6, 6.07) is 3.48. The van der Waals surface area contributed by atoms with Gasteiger partial charge in [-0.3, -0.25) is 0 Å². The number of amides is 2. The third-order valence-electron chi connectivity index (χ3n) is 3.86. The standard InChI is InChI=1S/C16H21N7O/c1-12-17-8-5-13(21-12)10-20-16(24)22-14-4-2-9-23(11-14)15-18-6-3-7-19-15/h3,5-8,14H,2,4,9-11H2,1H3,(H2,20,22,24). The number of urea groups is 1. The number of aryl methyl sites for hydroxylation is 1. The maximum Gasteiger partial charge on any atom is 0.315 e. The largest absolute Gasteiger partial charge is 0.339 e. The number of carbonyl (C=O) groups is 1. The van der Waals surface area contributed by atoms with Gasteiger partial charge in [-0.25, -0.2) is 24.7 Å². The predicted octanol–water partition coefficient (Wildman–Crippen LogP) is 1.04. The lowest BCUT2D eigenvalue weighted by atomic mass is 10.1. The van der Waals surface area contributed by atoms with E-state index in [0.717, 1.165) is 25.1 Å². The zero-order valence-corrected chi connectivity index (χ0v) is 13.6. The van der Waals surface area contributed by atoms with E-state index >= 15 is 0 Å². The molecular weight excluding hydrogens is 306 g/mol. The summed E-state index contributed by atoms with van der Waals surface area (Å²) in [5, 5.41) is 5.85. The number of nitrogens with zero attached hydrogens (tertiary/aromatic N) is 5. The van der Waals surface area contributed by atoms with Gasteiger partial charge in [0.1, 0.15) is 5.82 Å². The first-order valence-electron chi connectivity index (χ1n) is 8.05. The summed E-state index contributed by atoms with van der Waals surface area (Å²) in [6.07, 6.45) is 7.10. The van der Waals surface area contributed by atoms with Gasteiger partial charge in [-0.15, -0.1) is 0 Å². The highest BCUT2D eigenvalue weighted by molar-refractivity contribution is 5.74. The minimum Gasteiger partial charge on any atom is -0.339 e. The molecule has 24 heavy (non-hydrogen) atoms. The molecule has 1 atom stereocenters. The number of anilines is 1. The number of rotatable bonds is 4. The van der Waals surface area contributed by atoms with Gasteiger partial charge in [-0.1, -0.05) is 0 Å². The van der Waals surface area contributed by atoms with Crippen LogP contribution in [0.3, 0.4) is 0 Å². The van der Waals surface area contributed by atoms with Crippen molar-refractivity contribution in [2.24, 2.45) is 0 Å². The third kappa shape index (κ3) is 4.37. The molecule has 0 spiro atoms. The number of hydrogen-bond acceptors (Lipinski definition) is 6. The fraction of sp³-hybridized carbons (Fsp3) is 0.438. The Labute approximate surface area is 140 Å². The van der Waals surface area contributed by atoms with Gasteiger partial charge in [-0.2, -0.15) is 0 Å². The van der Waals surface area contributed by atoms with E-state index in [1.54, 1.807) is 30.7 Å². The molecule has 2 amide bonds. The van der Waals surface area contributed by atoms with E-state index in [0.29, 0.717) is 24.9 Å². The Kier molecular flexibility index (Phi) is 5.15. The van der Waals surface area contributed by atoms with Crippen molar-refractivity contribution in [1.82, 2.24) is 30.6 Å². The molecular formula is C16H21N7O. The maximum absolute atomic E-state index is 12.1. The molecule has 0 aliphatic carbocycles. The molecule has 0 saturated carbocycles. The SMILES string of the molecule is Cc1nccc(CNC(=O)NC2CCCN(c3ncccn3)C2)n1. The van der Waals surface area contributed by atoms with E-state index < -0.39 is 0 Å². The molecule has 8 nitrogen and oxygen atoms in total. The van der Waals surface area contributed by atoms with E-state index in [-0.39, 0.29) is 12.1 Å². The number of carbonyl (C=O) groups excluding carboxylic acids is 1. The van der Waals surface area contributed by atoms with Gasteiger partial charge in [0.05, 0.1) is 12.2 Å². The van der Waals surface area contributed by atoms with Gasteiger partial charge in [0.2, 0.25) is 5.95 Å². The van der Waals surface area contributed by atoms with Crippen molar-refractivity contribution in [1.29, 1.82) is 0 Å². The first kappa shape index (κ1) is 16.1. The van der Waals surface area contributed by atoms with E-state index in [1.807, 2.05) is 6.92 Å². The smallest absolute Gasteiger partial charge is 0.315 e. The van der Waals surface area contributed by atoms with E-state index in [1.165, 1.54) is 0 Å². The Morgan fingerprint density at radius 3 is 2.92 bits per heavy atom. The minimum atomic E-state index is -0.188. The molecule has 8 heteroatoms. The zero-order chi connectivity index (χ0) is 16.8. The molecule has 1 aliphatic heterocycles. The van der Waals surface area contributed by atoms with Gasteiger partial charge in [-0.05, 0) is 31.9 Å². The van der Waals surface area contributed by atoms with Crippen LogP contribution in [-0.4, -0.2) is 45.1 Å². The molecule has 1 aliphatic rings. The zero-order valence-electron chi connectivity index (χ0n) is 13.6. The highest BCUT2D eigenvalue weighted by Crippen LogP contribution is 2.15. The first-order chi connectivity index (χ1) is 11.7. The summed E-state index contributed by atoms with van der Waals surface area (Å²) in [7, 11) is 0. The maximum atomic E-state index is 12.1. The average molecular weight is 327 g/mol. The molecule has 1 saturated heterocycles. The number of nitrogens with one attached hydrogen (secondary N) is 2. The lowest BCUT2D eigenvalue weighted by molar-refractivity contribution is 0.234. The molecule has 1 unspecified atom stereocenters. The van der Waals surface area contributed by atoms with Gasteiger partial charge >= 0.3 is 6.03 Å². The summed E-state index contributed by atoms with van der Waals surface area (Å²) in [5.41, 5.74) is 0.792. The van der Waals surface area contributed by atoms with Crippen molar-refractivity contribution in [3.63, 3.8) is 0 Å². The van der Waals surface area contributed by atoms with Crippen molar-refractivity contribution < 1.29 is 4.79 Å². The fourth-order valence-corrected chi connectivity index (χ4v) is 2.74. The van der Waals surface area contributed by atoms with Gasteiger partial charge in [0, 0.05) is 37.7 Å². The van der Waals surface area contributed by atoms with Crippen LogP contribution in [0.2, 0.25) is 0 Å². The molecule has 0 radical (unpaired) electrons. The Morgan fingerprint density at radius 2 is 2.12 bits per heavy atom. The minimum absolute atomic E-state index is 0.0784. The lowest BCUT2D eigenvalue weighted by Crippen LogP contribution is -2.50. The highest BCUT2D eigenvalue weighted by atomic mass is 16.2. The van der Waals surface area contributed by atoms with Crippen molar-refractivity contribution >= 4 is 12.0 Å². The number of hydrogen-bond donors (Lipinski definition) is 2. The van der Waals surface area contributed by atoms with Crippen LogP contribution in [0.1, 0.15) is 24.4 Å². The van der Waals surface area contributed by atoms with Gasteiger partial charge in [0.25, 0.3) is 0 Å². The quantitative estimate of drug-likeness (QED) is 0.871. The third-order valence-corrected chi connectivity index (χ3v) is 3.86. The molecule has 3 rings (SSSR count). The molecule has 2 N–H and O–H groups in total. The molecule has 0 aromatic carbocycles. The molecule has 2 aromatic rings. The number of aromatic nitrogens is 4. The van der Waals surface area contributed by atoms with E-state index in [4.69, 9.17) is 0 Å². The molecule has 3 heterocycles. The van der Waals surface area contributed by atoms with Crippen molar-refractivity contribution in [3.05, 3.63) is 42.2 Å². The molecule has 126 valence electrons. The van der Waals surface area contributed by atoms with E-state index in [9.17, 15) is 4.79 Å². The molecule has 1 fully saturated rings. The van der Waals surface area contributed by atoms with E-state index in [2.05, 4.69) is 35.5 Å². The molecule has 2 aromatic heterocycles.